The number of hydrogen-bond acceptors (Lipinski definition) is 8. The minimum Gasteiger partial charge on any atom is -0.462 e. The predicted molar refractivity (Wildman–Crippen MR) is 202 cm³/mol. The first-order valence-corrected chi connectivity index (χ1v) is 21.5. The predicted octanol–water partition coefficient (Wildman–Crippen LogP) is 10.9. The van der Waals surface area contributed by atoms with Gasteiger partial charge in [-0.1, -0.05) is 142 Å². The summed E-state index contributed by atoms with van der Waals surface area (Å²) < 4.78 is 33.3. The second-order valence-corrected chi connectivity index (χ2v) is 15.3. The van der Waals surface area contributed by atoms with Crippen molar-refractivity contribution < 1.29 is 37.6 Å². The van der Waals surface area contributed by atoms with Crippen LogP contribution in [-0.4, -0.2) is 68.3 Å². The van der Waals surface area contributed by atoms with E-state index in [-0.39, 0.29) is 25.6 Å². The Labute approximate surface area is 301 Å². The minimum atomic E-state index is -4.35. The van der Waals surface area contributed by atoms with E-state index in [1.54, 1.807) is 0 Å². The maximum absolute atomic E-state index is 12.6. The number of esters is 2. The van der Waals surface area contributed by atoms with Gasteiger partial charge in [0.1, 0.15) is 6.61 Å². The molecule has 0 aromatic rings. The van der Waals surface area contributed by atoms with Crippen molar-refractivity contribution in [1.82, 2.24) is 4.90 Å². The Balaban J connectivity index is 4.34. The molecule has 0 aromatic heterocycles. The van der Waals surface area contributed by atoms with E-state index in [2.05, 4.69) is 26.0 Å². The lowest BCUT2D eigenvalue weighted by molar-refractivity contribution is -0.161. The van der Waals surface area contributed by atoms with Gasteiger partial charge in [0.25, 0.3) is 0 Å². The monoisotopic (exact) mass is 718 g/mol. The lowest BCUT2D eigenvalue weighted by Gasteiger charge is -2.20. The van der Waals surface area contributed by atoms with Crippen molar-refractivity contribution in [3.63, 3.8) is 0 Å². The normalized spacial score (nSPS) is 13.6. The number of unbranched alkanes of at least 4 members (excludes halogenated alkanes) is 21. The van der Waals surface area contributed by atoms with Gasteiger partial charge in [-0.25, -0.2) is 4.57 Å². The van der Waals surface area contributed by atoms with E-state index < -0.39 is 26.5 Å². The van der Waals surface area contributed by atoms with Gasteiger partial charge in [0.2, 0.25) is 0 Å². The third-order valence-electron chi connectivity index (χ3n) is 8.57. The molecule has 0 aliphatic rings. The highest BCUT2D eigenvalue weighted by Gasteiger charge is 2.26. The van der Waals surface area contributed by atoms with E-state index in [0.29, 0.717) is 19.4 Å². The number of ether oxygens (including phenoxy) is 2. The first-order valence-electron chi connectivity index (χ1n) is 20.0. The van der Waals surface area contributed by atoms with E-state index in [0.717, 1.165) is 51.4 Å². The molecule has 0 aliphatic carbocycles. The van der Waals surface area contributed by atoms with Crippen LogP contribution in [0.1, 0.15) is 181 Å². The van der Waals surface area contributed by atoms with Gasteiger partial charge in [-0.15, -0.1) is 0 Å². The fourth-order valence-corrected chi connectivity index (χ4v) is 6.19. The quantitative estimate of drug-likeness (QED) is 0.0290. The lowest BCUT2D eigenvalue weighted by atomic mass is 10.1. The van der Waals surface area contributed by atoms with Crippen molar-refractivity contribution in [1.29, 1.82) is 0 Å². The number of rotatable bonds is 37. The average molecular weight is 718 g/mol. The topological polar surface area (TPSA) is 112 Å². The van der Waals surface area contributed by atoms with Crippen LogP contribution in [0.4, 0.5) is 0 Å². The molecule has 0 amide bonds. The second kappa shape index (κ2) is 35.2. The SMILES string of the molecule is CCCCCCCC/C=C\CCCCCCCC(=O)OC(COC(=O)CCCCCCCCCCCCC)COP(=O)(O)OCCN(C)C. The number of hydrogen-bond donors (Lipinski definition) is 1. The molecule has 49 heavy (non-hydrogen) atoms. The molecule has 10 heteroatoms. The molecule has 0 fully saturated rings. The fourth-order valence-electron chi connectivity index (χ4n) is 5.45. The molecule has 0 bridgehead atoms. The molecule has 0 rings (SSSR count). The van der Waals surface area contributed by atoms with E-state index in [1.807, 2.05) is 19.0 Å². The Bertz CT molecular complexity index is 838. The van der Waals surface area contributed by atoms with Crippen LogP contribution in [0.25, 0.3) is 0 Å². The zero-order valence-corrected chi connectivity index (χ0v) is 33.0. The number of phosphoric acid groups is 1. The summed E-state index contributed by atoms with van der Waals surface area (Å²) in [4.78, 5) is 36.8. The second-order valence-electron chi connectivity index (χ2n) is 13.8. The smallest absolute Gasteiger partial charge is 0.462 e. The fraction of sp³-hybridized carbons (Fsp3) is 0.897. The van der Waals surface area contributed by atoms with Crippen LogP contribution >= 0.6 is 7.82 Å². The molecular formula is C39H76NO8P. The van der Waals surface area contributed by atoms with E-state index in [1.165, 1.54) is 96.3 Å². The van der Waals surface area contributed by atoms with Crippen molar-refractivity contribution in [2.24, 2.45) is 0 Å². The van der Waals surface area contributed by atoms with Crippen LogP contribution in [0.5, 0.6) is 0 Å². The van der Waals surface area contributed by atoms with Crippen LogP contribution in [0.15, 0.2) is 12.2 Å². The van der Waals surface area contributed by atoms with Gasteiger partial charge < -0.3 is 19.3 Å². The summed E-state index contributed by atoms with van der Waals surface area (Å²) in [5.74, 6) is -0.808. The summed E-state index contributed by atoms with van der Waals surface area (Å²) in [6, 6.07) is 0. The van der Waals surface area contributed by atoms with Crippen molar-refractivity contribution in [3.05, 3.63) is 12.2 Å². The average Bonchev–Trinajstić information content (AvgIpc) is 3.06. The number of likely N-dealkylation sites (N-methyl/N-ethyl adjacent to an activating group) is 1. The molecule has 2 atom stereocenters. The highest BCUT2D eigenvalue weighted by atomic mass is 31.2. The number of nitrogens with zero attached hydrogens (tertiary/aromatic N) is 1. The van der Waals surface area contributed by atoms with Crippen molar-refractivity contribution >= 4 is 19.8 Å². The molecule has 0 aliphatic heterocycles. The molecule has 0 heterocycles. The minimum absolute atomic E-state index is 0.00859. The Kier molecular flexibility index (Phi) is 34.3. The summed E-state index contributed by atoms with van der Waals surface area (Å²) in [6.45, 7) is 4.30. The third kappa shape index (κ3) is 36.3. The number of phosphoric ester groups is 1. The number of allylic oxidation sites excluding steroid dienone is 2. The molecule has 2 unspecified atom stereocenters. The molecular weight excluding hydrogens is 641 g/mol. The molecule has 0 spiro atoms. The highest BCUT2D eigenvalue weighted by Crippen LogP contribution is 2.43. The van der Waals surface area contributed by atoms with Gasteiger partial charge in [-0.3, -0.25) is 18.6 Å². The Morgan fingerprint density at radius 2 is 1.04 bits per heavy atom. The van der Waals surface area contributed by atoms with E-state index in [4.69, 9.17) is 18.5 Å². The summed E-state index contributed by atoms with van der Waals surface area (Å²) in [7, 11) is -0.707. The Morgan fingerprint density at radius 1 is 0.612 bits per heavy atom. The van der Waals surface area contributed by atoms with Crippen LogP contribution in [0, 0.1) is 0 Å². The van der Waals surface area contributed by atoms with Crippen molar-refractivity contribution in [3.8, 4) is 0 Å². The maximum atomic E-state index is 12.6. The molecule has 290 valence electrons. The zero-order valence-electron chi connectivity index (χ0n) is 32.1. The largest absolute Gasteiger partial charge is 0.472 e. The maximum Gasteiger partial charge on any atom is 0.472 e. The molecule has 0 aromatic carbocycles. The van der Waals surface area contributed by atoms with Gasteiger partial charge in [-0.05, 0) is 52.6 Å². The third-order valence-corrected chi connectivity index (χ3v) is 9.56. The van der Waals surface area contributed by atoms with Crippen molar-refractivity contribution in [2.75, 3.05) is 40.5 Å². The molecule has 0 saturated carbocycles. The number of carbonyl (C=O) groups excluding carboxylic acids is 2. The molecule has 9 nitrogen and oxygen atoms in total. The first kappa shape index (κ1) is 47.8. The molecule has 1 N–H and O–H groups in total. The zero-order chi connectivity index (χ0) is 36.3. The van der Waals surface area contributed by atoms with Crippen LogP contribution in [0.2, 0.25) is 0 Å². The van der Waals surface area contributed by atoms with Gasteiger partial charge in [0, 0.05) is 19.4 Å². The van der Waals surface area contributed by atoms with Gasteiger partial charge in [0.15, 0.2) is 6.10 Å². The summed E-state index contributed by atoms with van der Waals surface area (Å²) in [6.07, 6.45) is 32.5. The van der Waals surface area contributed by atoms with Gasteiger partial charge in [-0.2, -0.15) is 0 Å². The summed E-state index contributed by atoms with van der Waals surface area (Å²) in [5, 5.41) is 0. The van der Waals surface area contributed by atoms with Gasteiger partial charge in [0.05, 0.1) is 13.2 Å². The van der Waals surface area contributed by atoms with Crippen LogP contribution in [0.3, 0.4) is 0 Å². The summed E-state index contributed by atoms with van der Waals surface area (Å²) in [5.41, 5.74) is 0. The van der Waals surface area contributed by atoms with E-state index >= 15 is 0 Å². The lowest BCUT2D eigenvalue weighted by Crippen LogP contribution is -2.29. The van der Waals surface area contributed by atoms with Crippen LogP contribution in [-0.2, 0) is 32.7 Å². The van der Waals surface area contributed by atoms with Gasteiger partial charge >= 0.3 is 19.8 Å². The van der Waals surface area contributed by atoms with E-state index in [9.17, 15) is 19.0 Å². The summed E-state index contributed by atoms with van der Waals surface area (Å²) >= 11 is 0. The Hall–Kier alpha value is -1.25. The van der Waals surface area contributed by atoms with Crippen LogP contribution < -0.4 is 0 Å². The molecule has 0 radical (unpaired) electrons. The first-order chi connectivity index (χ1) is 23.7. The molecule has 0 saturated heterocycles. The highest BCUT2D eigenvalue weighted by molar-refractivity contribution is 7.47. The Morgan fingerprint density at radius 3 is 1.51 bits per heavy atom. The standard InChI is InChI=1S/C39H76NO8P/c1-5-7-9-11-13-15-17-18-19-20-22-24-26-28-30-32-39(42)48-37(36-47-49(43,44)46-34-33-40(3)4)35-45-38(41)31-29-27-25-23-21-16-14-12-10-8-6-2/h18-19,37H,5-17,20-36H2,1-4H3,(H,43,44)/b19-18-. The van der Waals surface area contributed by atoms with Crippen molar-refractivity contribution in [2.45, 2.75) is 187 Å². The number of carbonyl (C=O) groups is 2.